The van der Waals surface area contributed by atoms with Crippen LogP contribution in [0.15, 0.2) is 9.72 Å². The molecule has 1 fully saturated rings. The van der Waals surface area contributed by atoms with E-state index >= 15 is 0 Å². The number of piperidine rings is 1. The maximum Gasteiger partial charge on any atom is 0.235 e. The second-order valence-electron chi connectivity index (χ2n) is 4.40. The van der Waals surface area contributed by atoms with Crippen LogP contribution < -0.4 is 0 Å². The van der Waals surface area contributed by atoms with Gasteiger partial charge in [0.15, 0.2) is 4.34 Å². The van der Waals surface area contributed by atoms with E-state index in [2.05, 4.69) is 4.98 Å². The molecular formula is C12H18N2OS2. The molecular weight excluding hydrogens is 252 g/mol. The third-order valence-electron chi connectivity index (χ3n) is 2.89. The molecule has 0 bridgehead atoms. The first-order valence-corrected chi connectivity index (χ1v) is 7.80. The Bertz CT molecular complexity index is 386. The predicted octanol–water partition coefficient (Wildman–Crippen LogP) is 2.94. The molecule has 17 heavy (non-hydrogen) atoms. The summed E-state index contributed by atoms with van der Waals surface area (Å²) in [6.45, 7) is 5.83. The summed E-state index contributed by atoms with van der Waals surface area (Å²) in [4.78, 5) is 18.6. The summed E-state index contributed by atoms with van der Waals surface area (Å²) >= 11 is 3.21. The molecule has 1 atom stereocenters. The molecule has 1 saturated heterocycles. The van der Waals surface area contributed by atoms with Gasteiger partial charge in [-0.1, -0.05) is 11.8 Å². The van der Waals surface area contributed by atoms with Crippen LogP contribution in [0.5, 0.6) is 0 Å². The Labute approximate surface area is 111 Å². The maximum absolute atomic E-state index is 12.2. The van der Waals surface area contributed by atoms with Gasteiger partial charge in [0, 0.05) is 24.2 Å². The lowest BCUT2D eigenvalue weighted by molar-refractivity contribution is -0.131. The summed E-state index contributed by atoms with van der Waals surface area (Å²) < 4.78 is 1.00. The molecule has 2 heterocycles. The van der Waals surface area contributed by atoms with Gasteiger partial charge in [0.05, 0.1) is 5.25 Å². The van der Waals surface area contributed by atoms with Crippen LogP contribution in [-0.2, 0) is 4.79 Å². The summed E-state index contributed by atoms with van der Waals surface area (Å²) in [5.74, 6) is 0.266. The monoisotopic (exact) mass is 270 g/mol. The number of nitrogens with zero attached hydrogens (tertiary/aromatic N) is 2. The fourth-order valence-electron chi connectivity index (χ4n) is 1.96. The van der Waals surface area contributed by atoms with Crippen molar-refractivity contribution in [2.75, 3.05) is 13.1 Å². The van der Waals surface area contributed by atoms with Crippen LogP contribution >= 0.6 is 23.1 Å². The number of thioether (sulfide) groups is 1. The maximum atomic E-state index is 12.2. The minimum absolute atomic E-state index is 0.0151. The number of rotatable bonds is 3. The second kappa shape index (κ2) is 5.87. The Morgan fingerprint density at radius 3 is 2.76 bits per heavy atom. The summed E-state index contributed by atoms with van der Waals surface area (Å²) in [6.07, 6.45) is 3.57. The Hall–Kier alpha value is -0.550. The van der Waals surface area contributed by atoms with Gasteiger partial charge in [0.25, 0.3) is 0 Å². The van der Waals surface area contributed by atoms with E-state index < -0.39 is 0 Å². The number of aromatic nitrogens is 1. The highest BCUT2D eigenvalue weighted by Gasteiger charge is 2.23. The van der Waals surface area contributed by atoms with E-state index in [1.54, 1.807) is 23.1 Å². The number of carbonyl (C=O) groups is 1. The third-order valence-corrected chi connectivity index (χ3v) is 5.07. The number of aryl methyl sites for hydroxylation is 1. The topological polar surface area (TPSA) is 33.2 Å². The van der Waals surface area contributed by atoms with E-state index in [4.69, 9.17) is 0 Å². The zero-order valence-corrected chi connectivity index (χ0v) is 11.9. The van der Waals surface area contributed by atoms with Gasteiger partial charge < -0.3 is 4.90 Å². The lowest BCUT2D eigenvalue weighted by Gasteiger charge is -2.28. The Morgan fingerprint density at radius 1 is 1.47 bits per heavy atom. The standard InChI is InChI=1S/C12H18N2OS2/c1-9-8-16-12(13-9)17-10(2)11(15)14-6-4-3-5-7-14/h8,10H,3-7H2,1-2H3. The molecule has 94 valence electrons. The van der Waals surface area contributed by atoms with Crippen LogP contribution in [0.25, 0.3) is 0 Å². The van der Waals surface area contributed by atoms with Gasteiger partial charge in [0.2, 0.25) is 5.91 Å². The van der Waals surface area contributed by atoms with E-state index in [1.165, 1.54) is 6.42 Å². The quantitative estimate of drug-likeness (QED) is 0.792. The summed E-state index contributed by atoms with van der Waals surface area (Å²) in [5.41, 5.74) is 1.04. The van der Waals surface area contributed by atoms with Crippen LogP contribution in [0.4, 0.5) is 0 Å². The number of amides is 1. The van der Waals surface area contributed by atoms with Crippen molar-refractivity contribution >= 4 is 29.0 Å². The average molecular weight is 270 g/mol. The highest BCUT2D eigenvalue weighted by molar-refractivity contribution is 8.02. The summed E-state index contributed by atoms with van der Waals surface area (Å²) in [5, 5.41) is 2.01. The van der Waals surface area contributed by atoms with E-state index in [0.717, 1.165) is 36.0 Å². The predicted molar refractivity (Wildman–Crippen MR) is 72.6 cm³/mol. The number of thiazole rings is 1. The molecule has 0 saturated carbocycles. The van der Waals surface area contributed by atoms with Crippen LogP contribution in [0.3, 0.4) is 0 Å². The molecule has 0 N–H and O–H groups in total. The number of hydrogen-bond acceptors (Lipinski definition) is 4. The highest BCUT2D eigenvalue weighted by atomic mass is 32.2. The smallest absolute Gasteiger partial charge is 0.235 e. The van der Waals surface area contributed by atoms with Crippen molar-refractivity contribution in [3.8, 4) is 0 Å². The van der Waals surface area contributed by atoms with Crippen molar-refractivity contribution in [2.24, 2.45) is 0 Å². The first kappa shape index (κ1) is 12.9. The van der Waals surface area contributed by atoms with Gasteiger partial charge in [-0.3, -0.25) is 4.79 Å². The molecule has 3 nitrogen and oxygen atoms in total. The minimum Gasteiger partial charge on any atom is -0.342 e. The first-order chi connectivity index (χ1) is 8.16. The lowest BCUT2D eigenvalue weighted by atomic mass is 10.1. The first-order valence-electron chi connectivity index (χ1n) is 6.04. The zero-order chi connectivity index (χ0) is 12.3. The van der Waals surface area contributed by atoms with Gasteiger partial charge >= 0.3 is 0 Å². The fourth-order valence-corrected chi connectivity index (χ4v) is 4.03. The van der Waals surface area contributed by atoms with Gasteiger partial charge in [-0.15, -0.1) is 11.3 Å². The van der Waals surface area contributed by atoms with Crippen molar-refractivity contribution in [3.63, 3.8) is 0 Å². The van der Waals surface area contributed by atoms with Crippen molar-refractivity contribution in [3.05, 3.63) is 11.1 Å². The summed E-state index contributed by atoms with van der Waals surface area (Å²) in [6, 6.07) is 0. The lowest BCUT2D eigenvalue weighted by Crippen LogP contribution is -2.40. The van der Waals surface area contributed by atoms with Crippen LogP contribution in [-0.4, -0.2) is 34.1 Å². The third kappa shape index (κ3) is 3.45. The molecule has 2 rings (SSSR count). The number of likely N-dealkylation sites (tertiary alicyclic amines) is 1. The number of carbonyl (C=O) groups excluding carboxylic acids is 1. The van der Waals surface area contributed by atoms with Gasteiger partial charge in [0.1, 0.15) is 0 Å². The van der Waals surface area contributed by atoms with Crippen LogP contribution in [0, 0.1) is 6.92 Å². The second-order valence-corrected chi connectivity index (χ2v) is 6.85. The van der Waals surface area contributed by atoms with Gasteiger partial charge in [-0.2, -0.15) is 0 Å². The Kier molecular flexibility index (Phi) is 4.45. The van der Waals surface area contributed by atoms with Crippen LogP contribution in [0.2, 0.25) is 0 Å². The molecule has 1 amide bonds. The van der Waals surface area contributed by atoms with Crippen molar-refractivity contribution in [2.45, 2.75) is 42.7 Å². The van der Waals surface area contributed by atoms with Crippen molar-refractivity contribution in [1.82, 2.24) is 9.88 Å². The largest absolute Gasteiger partial charge is 0.342 e. The highest BCUT2D eigenvalue weighted by Crippen LogP contribution is 2.28. The molecule has 1 unspecified atom stereocenters. The fraction of sp³-hybridized carbons (Fsp3) is 0.667. The number of hydrogen-bond donors (Lipinski definition) is 0. The van der Waals surface area contributed by atoms with Crippen molar-refractivity contribution in [1.29, 1.82) is 0 Å². The minimum atomic E-state index is -0.0151. The zero-order valence-electron chi connectivity index (χ0n) is 10.3. The average Bonchev–Trinajstić information content (AvgIpc) is 2.75. The molecule has 0 radical (unpaired) electrons. The van der Waals surface area contributed by atoms with Crippen LogP contribution in [0.1, 0.15) is 31.9 Å². The summed E-state index contributed by atoms with van der Waals surface area (Å²) in [7, 11) is 0. The molecule has 0 spiro atoms. The normalized spacial score (nSPS) is 18.1. The van der Waals surface area contributed by atoms with Crippen molar-refractivity contribution < 1.29 is 4.79 Å². The van der Waals surface area contributed by atoms with E-state index in [0.29, 0.717) is 0 Å². The molecule has 1 aliphatic rings. The molecule has 1 aromatic heterocycles. The SMILES string of the molecule is Cc1csc(SC(C)C(=O)N2CCCCC2)n1. The van der Waals surface area contributed by atoms with Gasteiger partial charge in [-0.25, -0.2) is 4.98 Å². The molecule has 1 aromatic rings. The van der Waals surface area contributed by atoms with E-state index in [-0.39, 0.29) is 11.2 Å². The van der Waals surface area contributed by atoms with Gasteiger partial charge in [-0.05, 0) is 33.1 Å². The molecule has 5 heteroatoms. The van der Waals surface area contributed by atoms with E-state index in [9.17, 15) is 4.79 Å². The molecule has 1 aliphatic heterocycles. The Balaban J connectivity index is 1.90. The van der Waals surface area contributed by atoms with E-state index in [1.807, 2.05) is 24.1 Å². The molecule has 0 aromatic carbocycles. The Morgan fingerprint density at radius 2 is 2.18 bits per heavy atom. The molecule has 0 aliphatic carbocycles.